The second-order valence-corrected chi connectivity index (χ2v) is 11.3. The first kappa shape index (κ1) is 28.6. The monoisotopic (exact) mass is 534 g/mol. The van der Waals surface area contributed by atoms with E-state index in [2.05, 4.69) is 15.6 Å². The lowest BCUT2D eigenvalue weighted by Crippen LogP contribution is -2.58. The molecule has 1 unspecified atom stereocenters. The number of hydrogen-bond acceptors (Lipinski definition) is 4. The smallest absolute Gasteiger partial charge is 0.268 e. The van der Waals surface area contributed by atoms with Gasteiger partial charge in [0.1, 0.15) is 23.6 Å². The van der Waals surface area contributed by atoms with E-state index in [-0.39, 0.29) is 40.5 Å². The van der Waals surface area contributed by atoms with E-state index in [1.54, 1.807) is 19.1 Å². The van der Waals surface area contributed by atoms with Crippen LogP contribution >= 0.6 is 11.6 Å². The first-order valence-corrected chi connectivity index (χ1v) is 13.1. The fourth-order valence-electron chi connectivity index (χ4n) is 4.86. The van der Waals surface area contributed by atoms with Crippen LogP contribution in [0.2, 0.25) is 0 Å². The summed E-state index contributed by atoms with van der Waals surface area (Å²) in [5, 5.41) is 5.79. The van der Waals surface area contributed by atoms with Crippen LogP contribution in [0.3, 0.4) is 0 Å². The van der Waals surface area contributed by atoms with E-state index in [4.69, 9.17) is 11.6 Å². The van der Waals surface area contributed by atoms with Gasteiger partial charge in [0.05, 0.1) is 11.9 Å². The van der Waals surface area contributed by atoms with Crippen molar-refractivity contribution in [2.24, 2.45) is 17.3 Å². The Morgan fingerprint density at radius 2 is 1.86 bits per heavy atom. The third-order valence-electron chi connectivity index (χ3n) is 7.43. The summed E-state index contributed by atoms with van der Waals surface area (Å²) in [7, 11) is 0. The van der Waals surface area contributed by atoms with Gasteiger partial charge >= 0.3 is 0 Å². The van der Waals surface area contributed by atoms with Gasteiger partial charge in [-0.2, -0.15) is 0 Å². The Bertz CT molecular complexity index is 1190. The maximum absolute atomic E-state index is 14.1. The summed E-state index contributed by atoms with van der Waals surface area (Å²) in [5.74, 6) is -2.30. The summed E-state index contributed by atoms with van der Waals surface area (Å²) < 4.78 is 14.1. The van der Waals surface area contributed by atoms with Crippen LogP contribution in [0.4, 0.5) is 4.39 Å². The lowest BCUT2D eigenvalue weighted by Gasteiger charge is -2.35. The summed E-state index contributed by atoms with van der Waals surface area (Å²) in [6.45, 7) is 11.6. The van der Waals surface area contributed by atoms with Gasteiger partial charge in [0.15, 0.2) is 5.78 Å². The van der Waals surface area contributed by atoms with Gasteiger partial charge in [-0.1, -0.05) is 40.7 Å². The molecule has 1 aliphatic rings. The highest BCUT2D eigenvalue weighted by atomic mass is 35.5. The normalized spacial score (nSPS) is 20.6. The minimum absolute atomic E-state index is 0.0154. The molecular formula is C27H36ClFN4O4. The molecular weight excluding hydrogens is 499 g/mol. The molecule has 10 heteroatoms. The first-order chi connectivity index (χ1) is 17.3. The molecule has 2 heterocycles. The Balaban J connectivity index is 1.87. The molecule has 3 amide bonds. The van der Waals surface area contributed by atoms with Crippen molar-refractivity contribution in [3.8, 4) is 0 Å². The molecule has 3 rings (SSSR count). The number of nitrogens with one attached hydrogen (secondary N) is 3. The number of likely N-dealkylation sites (tertiary alicyclic amines) is 1. The molecule has 1 fully saturated rings. The number of alkyl halides is 1. The second-order valence-electron chi connectivity index (χ2n) is 11.0. The summed E-state index contributed by atoms with van der Waals surface area (Å²) >= 11 is 5.64. The number of aromatic amines is 1. The molecule has 1 saturated heterocycles. The summed E-state index contributed by atoms with van der Waals surface area (Å²) in [6, 6.07) is 3.41. The average Bonchev–Trinajstić information content (AvgIpc) is 3.36. The number of carbonyl (C=O) groups excluding carboxylic acids is 4. The third-order valence-corrected chi connectivity index (χ3v) is 7.69. The molecule has 0 radical (unpaired) electrons. The van der Waals surface area contributed by atoms with Crippen LogP contribution in [0.1, 0.15) is 58.5 Å². The zero-order chi connectivity index (χ0) is 27.7. The molecule has 0 saturated carbocycles. The highest BCUT2D eigenvalue weighted by Crippen LogP contribution is 2.41. The van der Waals surface area contributed by atoms with Gasteiger partial charge < -0.3 is 20.5 Å². The van der Waals surface area contributed by atoms with Crippen molar-refractivity contribution >= 4 is 46.0 Å². The molecule has 8 nitrogen and oxygen atoms in total. The number of aromatic nitrogens is 1. The van der Waals surface area contributed by atoms with Gasteiger partial charge in [-0.15, -0.1) is 11.6 Å². The topological polar surface area (TPSA) is 111 Å². The molecule has 202 valence electrons. The van der Waals surface area contributed by atoms with Crippen molar-refractivity contribution in [1.29, 1.82) is 0 Å². The van der Waals surface area contributed by atoms with Crippen molar-refractivity contribution < 1.29 is 23.6 Å². The number of benzene rings is 1. The number of ketones is 1. The number of Topliss-reactive ketones (excluding diaryl/α,β-unsaturated/α-hetero) is 1. The Morgan fingerprint density at radius 1 is 1.19 bits per heavy atom. The second kappa shape index (κ2) is 11.2. The highest BCUT2D eigenvalue weighted by Gasteiger charge is 2.52. The van der Waals surface area contributed by atoms with Crippen molar-refractivity contribution in [1.82, 2.24) is 20.5 Å². The van der Waals surface area contributed by atoms with Crippen LogP contribution in [-0.2, 0) is 14.4 Å². The number of H-pyrrole nitrogens is 1. The van der Waals surface area contributed by atoms with Crippen molar-refractivity contribution in [2.75, 3.05) is 12.4 Å². The van der Waals surface area contributed by atoms with E-state index in [0.717, 1.165) is 0 Å². The van der Waals surface area contributed by atoms with Crippen LogP contribution in [0.25, 0.3) is 10.9 Å². The molecule has 1 aromatic carbocycles. The Hall–Kier alpha value is -2.94. The van der Waals surface area contributed by atoms with Crippen LogP contribution in [0, 0.1) is 23.1 Å². The number of nitrogens with zero attached hydrogens (tertiary/aromatic N) is 1. The fraction of sp³-hybridized carbons (Fsp3) is 0.556. The molecule has 0 bridgehead atoms. The van der Waals surface area contributed by atoms with Crippen LogP contribution in [0.15, 0.2) is 24.3 Å². The Kier molecular flexibility index (Phi) is 8.67. The molecule has 37 heavy (non-hydrogen) atoms. The zero-order valence-electron chi connectivity index (χ0n) is 22.2. The van der Waals surface area contributed by atoms with Gasteiger partial charge in [-0.25, -0.2) is 4.39 Å². The van der Waals surface area contributed by atoms with Gasteiger partial charge in [0.25, 0.3) is 5.91 Å². The summed E-state index contributed by atoms with van der Waals surface area (Å²) in [5.41, 5.74) is 0.0359. The Morgan fingerprint density at radius 3 is 2.46 bits per heavy atom. The van der Waals surface area contributed by atoms with Crippen molar-refractivity contribution in [2.45, 2.75) is 66.1 Å². The Labute approximate surface area is 221 Å². The molecule has 0 aliphatic carbocycles. The van der Waals surface area contributed by atoms with Crippen LogP contribution in [0.5, 0.6) is 0 Å². The average molecular weight is 535 g/mol. The minimum Gasteiger partial charge on any atom is -0.350 e. The third kappa shape index (κ3) is 5.98. The van der Waals surface area contributed by atoms with E-state index in [0.29, 0.717) is 18.5 Å². The molecule has 0 spiro atoms. The maximum Gasteiger partial charge on any atom is 0.268 e. The maximum atomic E-state index is 14.1. The van der Waals surface area contributed by atoms with Gasteiger partial charge in [0.2, 0.25) is 11.8 Å². The van der Waals surface area contributed by atoms with E-state index >= 15 is 0 Å². The number of amides is 3. The first-order valence-electron chi connectivity index (χ1n) is 12.6. The van der Waals surface area contributed by atoms with E-state index in [1.807, 2.05) is 34.6 Å². The lowest BCUT2D eigenvalue weighted by molar-refractivity contribution is -0.142. The summed E-state index contributed by atoms with van der Waals surface area (Å²) in [4.78, 5) is 56.7. The zero-order valence-corrected chi connectivity index (χ0v) is 22.9. The van der Waals surface area contributed by atoms with Crippen LogP contribution in [-0.4, -0.2) is 63.9 Å². The quantitative estimate of drug-likeness (QED) is 0.426. The standard InChI is InChI=1S/C27H36ClFN4O4/c1-14(2)10-21(32-24(35)20-11-17-18(29)8-7-9-19(17)31-20)26(37)33-13-15(3)27(5,6)23(33)25(36)30-16(4)22(34)12-28/h7-9,11,14-16,21,23,31H,10,12-13H2,1-6H3,(H,30,36)(H,32,35)/t15-,16?,21+,23-/m1/s1. The summed E-state index contributed by atoms with van der Waals surface area (Å²) in [6.07, 6.45) is 0.347. The largest absolute Gasteiger partial charge is 0.350 e. The number of rotatable bonds is 9. The van der Waals surface area contributed by atoms with E-state index in [1.165, 1.54) is 17.0 Å². The van der Waals surface area contributed by atoms with Crippen LogP contribution < -0.4 is 10.6 Å². The fourth-order valence-corrected chi connectivity index (χ4v) is 5.09. The lowest BCUT2D eigenvalue weighted by atomic mass is 9.77. The highest BCUT2D eigenvalue weighted by molar-refractivity contribution is 6.28. The van der Waals surface area contributed by atoms with Crippen molar-refractivity contribution in [3.05, 3.63) is 35.8 Å². The molecule has 4 atom stereocenters. The number of hydrogen-bond donors (Lipinski definition) is 3. The van der Waals surface area contributed by atoms with Crippen molar-refractivity contribution in [3.63, 3.8) is 0 Å². The predicted molar refractivity (Wildman–Crippen MR) is 141 cm³/mol. The minimum atomic E-state index is -0.901. The number of carbonyl (C=O) groups is 4. The molecule has 1 aliphatic heterocycles. The molecule has 3 N–H and O–H groups in total. The SMILES string of the molecule is CC(C)C[C@H](NC(=O)c1cc2c(F)cccc2[nH]1)C(=O)N1C[C@@H](C)C(C)(C)[C@H]1C(=O)NC(C)C(=O)CCl. The van der Waals surface area contributed by atoms with Gasteiger partial charge in [0, 0.05) is 17.4 Å². The molecule has 2 aromatic rings. The van der Waals surface area contributed by atoms with E-state index in [9.17, 15) is 23.6 Å². The van der Waals surface area contributed by atoms with Gasteiger partial charge in [-0.05, 0) is 48.8 Å². The van der Waals surface area contributed by atoms with E-state index < -0.39 is 41.2 Å². The number of halogens is 2. The van der Waals surface area contributed by atoms with Gasteiger partial charge in [-0.3, -0.25) is 19.2 Å². The number of fused-ring (bicyclic) bond motifs is 1. The predicted octanol–water partition coefficient (Wildman–Crippen LogP) is 3.64. The molecule has 1 aromatic heterocycles.